The summed E-state index contributed by atoms with van der Waals surface area (Å²) in [5.74, 6) is 0.810. The van der Waals surface area contributed by atoms with Crippen LogP contribution in [0.2, 0.25) is 0 Å². The Hall–Kier alpha value is -2.32. The zero-order valence-corrected chi connectivity index (χ0v) is 15.6. The van der Waals surface area contributed by atoms with Crippen molar-refractivity contribution in [1.29, 1.82) is 0 Å². The number of hydrogen-bond acceptors (Lipinski definition) is 6. The molecule has 1 aliphatic rings. The van der Waals surface area contributed by atoms with Crippen molar-refractivity contribution in [2.45, 2.75) is 26.2 Å². The quantitative estimate of drug-likeness (QED) is 0.741. The van der Waals surface area contributed by atoms with E-state index < -0.39 is 0 Å². The number of aromatic nitrogens is 4. The van der Waals surface area contributed by atoms with Crippen LogP contribution in [0.3, 0.4) is 0 Å². The lowest BCUT2D eigenvalue weighted by molar-refractivity contribution is -0.123. The molecule has 7 nitrogen and oxygen atoms in total. The van der Waals surface area contributed by atoms with Crippen LogP contribution in [0.1, 0.15) is 23.7 Å². The summed E-state index contributed by atoms with van der Waals surface area (Å²) in [6, 6.07) is 6.20. The summed E-state index contributed by atoms with van der Waals surface area (Å²) >= 11 is 1.69. The summed E-state index contributed by atoms with van der Waals surface area (Å²) in [4.78, 5) is 22.6. The summed E-state index contributed by atoms with van der Waals surface area (Å²) in [6.07, 6.45) is 4.13. The summed E-state index contributed by atoms with van der Waals surface area (Å²) in [7, 11) is 0. The molecular formula is C18H22N6OS. The van der Waals surface area contributed by atoms with Gasteiger partial charge in [-0.15, -0.1) is 11.3 Å². The first-order chi connectivity index (χ1) is 12.6. The monoisotopic (exact) mass is 370 g/mol. The average Bonchev–Trinajstić information content (AvgIpc) is 3.24. The van der Waals surface area contributed by atoms with E-state index in [1.54, 1.807) is 17.7 Å². The van der Waals surface area contributed by atoms with E-state index >= 15 is 0 Å². The van der Waals surface area contributed by atoms with Gasteiger partial charge >= 0.3 is 0 Å². The topological polar surface area (TPSA) is 89.9 Å². The third-order valence-corrected chi connectivity index (χ3v) is 5.92. The van der Waals surface area contributed by atoms with Crippen LogP contribution in [-0.4, -0.2) is 50.2 Å². The minimum absolute atomic E-state index is 0.0319. The van der Waals surface area contributed by atoms with Crippen molar-refractivity contribution >= 4 is 27.5 Å². The zero-order chi connectivity index (χ0) is 18.1. The Morgan fingerprint density at radius 2 is 2.15 bits per heavy atom. The molecule has 136 valence electrons. The maximum atomic E-state index is 11.3. The van der Waals surface area contributed by atoms with E-state index in [-0.39, 0.29) is 11.8 Å². The van der Waals surface area contributed by atoms with Gasteiger partial charge in [-0.25, -0.2) is 14.6 Å². The molecule has 1 amide bonds. The van der Waals surface area contributed by atoms with Crippen molar-refractivity contribution in [3.8, 4) is 5.69 Å². The van der Waals surface area contributed by atoms with Gasteiger partial charge in [-0.3, -0.25) is 4.79 Å². The van der Waals surface area contributed by atoms with Gasteiger partial charge in [-0.2, -0.15) is 5.10 Å². The summed E-state index contributed by atoms with van der Waals surface area (Å²) in [5, 5.41) is 5.47. The standard InChI is InChI=1S/C18H22N6OS/c1-12-22-15-3-2-14(10-16(15)26-12)24-17(20-11-21-24)6-9-23-7-4-13(5-8-23)18(19)25/h2-3,10-11,13H,4-9H2,1H3,(H2,19,25). The highest BCUT2D eigenvalue weighted by atomic mass is 32.1. The molecule has 3 aromatic rings. The number of fused-ring (bicyclic) bond motifs is 1. The Bertz CT molecular complexity index is 925. The van der Waals surface area contributed by atoms with Gasteiger partial charge in [0, 0.05) is 18.9 Å². The first kappa shape index (κ1) is 17.1. The number of rotatable bonds is 5. The average molecular weight is 370 g/mol. The predicted molar refractivity (Wildman–Crippen MR) is 101 cm³/mol. The van der Waals surface area contributed by atoms with E-state index in [1.165, 1.54) is 0 Å². The Morgan fingerprint density at radius 1 is 1.35 bits per heavy atom. The van der Waals surface area contributed by atoms with Gasteiger partial charge in [0.25, 0.3) is 0 Å². The number of carbonyl (C=O) groups excluding carboxylic acids is 1. The first-order valence-corrected chi connectivity index (χ1v) is 9.70. The van der Waals surface area contributed by atoms with Crippen LogP contribution in [0.5, 0.6) is 0 Å². The number of nitrogens with two attached hydrogens (primary N) is 1. The lowest BCUT2D eigenvalue weighted by atomic mass is 9.96. The summed E-state index contributed by atoms with van der Waals surface area (Å²) in [5.41, 5.74) is 7.44. The van der Waals surface area contributed by atoms with Crippen LogP contribution >= 0.6 is 11.3 Å². The molecule has 0 spiro atoms. The third kappa shape index (κ3) is 3.47. The third-order valence-electron chi connectivity index (χ3n) is 4.98. The van der Waals surface area contributed by atoms with Crippen molar-refractivity contribution in [3.05, 3.63) is 35.4 Å². The maximum absolute atomic E-state index is 11.3. The van der Waals surface area contributed by atoms with Crippen molar-refractivity contribution < 1.29 is 4.79 Å². The van der Waals surface area contributed by atoms with E-state index in [0.29, 0.717) is 0 Å². The van der Waals surface area contributed by atoms with E-state index in [4.69, 9.17) is 5.73 Å². The molecule has 0 atom stereocenters. The molecule has 0 unspecified atom stereocenters. The highest BCUT2D eigenvalue weighted by Gasteiger charge is 2.23. The van der Waals surface area contributed by atoms with Gasteiger partial charge < -0.3 is 10.6 Å². The molecule has 2 aromatic heterocycles. The molecular weight excluding hydrogens is 348 g/mol. The molecule has 1 aliphatic heterocycles. The van der Waals surface area contributed by atoms with E-state index in [0.717, 1.165) is 65.6 Å². The molecule has 1 aromatic carbocycles. The maximum Gasteiger partial charge on any atom is 0.220 e. The number of primary amides is 1. The Balaban J connectivity index is 1.44. The molecule has 8 heteroatoms. The highest BCUT2D eigenvalue weighted by molar-refractivity contribution is 7.18. The van der Waals surface area contributed by atoms with Gasteiger partial charge in [-0.05, 0) is 51.1 Å². The number of aryl methyl sites for hydroxylation is 1. The highest BCUT2D eigenvalue weighted by Crippen LogP contribution is 2.24. The van der Waals surface area contributed by atoms with Gasteiger partial charge in [0.1, 0.15) is 12.2 Å². The fraction of sp³-hybridized carbons (Fsp3) is 0.444. The molecule has 0 radical (unpaired) electrons. The number of thiazole rings is 1. The van der Waals surface area contributed by atoms with E-state index in [9.17, 15) is 4.79 Å². The fourth-order valence-electron chi connectivity index (χ4n) is 3.51. The number of likely N-dealkylation sites (tertiary alicyclic amines) is 1. The second-order valence-electron chi connectivity index (χ2n) is 6.74. The van der Waals surface area contributed by atoms with Crippen LogP contribution in [0.4, 0.5) is 0 Å². The number of benzene rings is 1. The predicted octanol–water partition coefficient (Wildman–Crippen LogP) is 1.93. The molecule has 1 fully saturated rings. The smallest absolute Gasteiger partial charge is 0.220 e. The second-order valence-corrected chi connectivity index (χ2v) is 7.98. The molecule has 0 bridgehead atoms. The molecule has 4 rings (SSSR count). The number of piperidine rings is 1. The molecule has 1 saturated heterocycles. The molecule has 0 aliphatic carbocycles. The second kappa shape index (κ2) is 7.13. The van der Waals surface area contributed by atoms with Crippen LogP contribution in [0.15, 0.2) is 24.5 Å². The van der Waals surface area contributed by atoms with Crippen molar-refractivity contribution in [3.63, 3.8) is 0 Å². The van der Waals surface area contributed by atoms with Gasteiger partial charge in [-0.1, -0.05) is 0 Å². The van der Waals surface area contributed by atoms with Crippen LogP contribution < -0.4 is 5.73 Å². The zero-order valence-electron chi connectivity index (χ0n) is 14.8. The molecule has 3 heterocycles. The number of amides is 1. The van der Waals surface area contributed by atoms with Gasteiger partial charge in [0.2, 0.25) is 5.91 Å². The minimum Gasteiger partial charge on any atom is -0.369 e. The van der Waals surface area contributed by atoms with E-state index in [1.807, 2.05) is 23.7 Å². The van der Waals surface area contributed by atoms with Gasteiger partial charge in [0.15, 0.2) is 0 Å². The number of hydrogen-bond donors (Lipinski definition) is 1. The van der Waals surface area contributed by atoms with Gasteiger partial charge in [0.05, 0.1) is 20.9 Å². The lowest BCUT2D eigenvalue weighted by Gasteiger charge is -2.30. The van der Waals surface area contributed by atoms with Crippen molar-refractivity contribution in [2.75, 3.05) is 19.6 Å². The lowest BCUT2D eigenvalue weighted by Crippen LogP contribution is -2.39. The molecule has 26 heavy (non-hydrogen) atoms. The van der Waals surface area contributed by atoms with Crippen LogP contribution in [-0.2, 0) is 11.2 Å². The fourth-order valence-corrected chi connectivity index (χ4v) is 4.37. The number of nitrogens with zero attached hydrogens (tertiary/aromatic N) is 5. The van der Waals surface area contributed by atoms with Crippen LogP contribution in [0.25, 0.3) is 15.9 Å². The SMILES string of the molecule is Cc1nc2ccc(-n3ncnc3CCN3CCC(C(N)=O)CC3)cc2s1. The normalized spacial score (nSPS) is 16.3. The van der Waals surface area contributed by atoms with E-state index in [2.05, 4.69) is 26.0 Å². The largest absolute Gasteiger partial charge is 0.369 e. The molecule has 0 saturated carbocycles. The summed E-state index contributed by atoms with van der Waals surface area (Å²) < 4.78 is 3.07. The van der Waals surface area contributed by atoms with Crippen molar-refractivity contribution in [1.82, 2.24) is 24.6 Å². The Labute approximate surface area is 155 Å². The van der Waals surface area contributed by atoms with Crippen molar-refractivity contribution in [2.24, 2.45) is 11.7 Å². The van der Waals surface area contributed by atoms with Crippen LogP contribution in [0, 0.1) is 12.8 Å². The Kier molecular flexibility index (Phi) is 4.69. The first-order valence-electron chi connectivity index (χ1n) is 8.88. The minimum atomic E-state index is -0.168. The molecule has 2 N–H and O–H groups in total. The number of carbonyl (C=O) groups is 1. The Morgan fingerprint density at radius 3 is 2.92 bits per heavy atom. The summed E-state index contributed by atoms with van der Waals surface area (Å²) in [6.45, 7) is 4.75.